The molecule has 0 aliphatic heterocycles. The Hall–Kier alpha value is -2.41. The Kier molecular flexibility index (Phi) is 6.71. The van der Waals surface area contributed by atoms with Gasteiger partial charge in [0.1, 0.15) is 0 Å². The van der Waals surface area contributed by atoms with Crippen molar-refractivity contribution in [2.24, 2.45) is 0 Å². The maximum absolute atomic E-state index is 12.1. The predicted molar refractivity (Wildman–Crippen MR) is 89.4 cm³/mol. The molecule has 1 aromatic rings. The number of nitrogens with zero attached hydrogens (tertiary/aromatic N) is 1. The van der Waals surface area contributed by atoms with Crippen molar-refractivity contribution in [1.29, 1.82) is 0 Å². The van der Waals surface area contributed by atoms with E-state index in [1.165, 1.54) is 11.9 Å². The molecule has 0 spiro atoms. The van der Waals surface area contributed by atoms with E-state index in [9.17, 15) is 14.4 Å². The summed E-state index contributed by atoms with van der Waals surface area (Å²) in [6.07, 6.45) is 0. The van der Waals surface area contributed by atoms with E-state index in [4.69, 9.17) is 0 Å². The lowest BCUT2D eigenvalue weighted by Gasteiger charge is -2.17. The molecule has 0 aromatic heterocycles. The van der Waals surface area contributed by atoms with E-state index in [1.54, 1.807) is 7.05 Å². The van der Waals surface area contributed by atoms with Crippen LogP contribution in [0.5, 0.6) is 0 Å². The maximum Gasteiger partial charge on any atom is 0.321 e. The van der Waals surface area contributed by atoms with Gasteiger partial charge in [0.15, 0.2) is 0 Å². The molecule has 0 aliphatic rings. The van der Waals surface area contributed by atoms with Crippen molar-refractivity contribution in [3.63, 3.8) is 0 Å². The van der Waals surface area contributed by atoms with Crippen LogP contribution >= 0.6 is 0 Å². The van der Waals surface area contributed by atoms with E-state index in [2.05, 4.69) is 16.0 Å². The smallest absolute Gasteiger partial charge is 0.321 e. The third-order valence-electron chi connectivity index (χ3n) is 3.25. The molecule has 1 rings (SSSR count). The highest BCUT2D eigenvalue weighted by Gasteiger charge is 2.14. The molecule has 0 saturated heterocycles. The molecule has 0 bridgehead atoms. The average Bonchev–Trinajstić information content (AvgIpc) is 2.42. The summed E-state index contributed by atoms with van der Waals surface area (Å²) in [5, 5.41) is 7.31. The number of hydrogen-bond acceptors (Lipinski definition) is 4. The third kappa shape index (κ3) is 6.07. The van der Waals surface area contributed by atoms with Crippen molar-refractivity contribution >= 4 is 23.5 Å². The Morgan fingerprint density at radius 2 is 1.52 bits per heavy atom. The van der Waals surface area contributed by atoms with Crippen molar-refractivity contribution < 1.29 is 14.4 Å². The molecule has 126 valence electrons. The largest absolute Gasteiger partial charge is 0.341 e. The molecule has 7 nitrogen and oxygen atoms in total. The van der Waals surface area contributed by atoms with E-state index >= 15 is 0 Å². The summed E-state index contributed by atoms with van der Waals surface area (Å²) in [7, 11) is 3.06. The van der Waals surface area contributed by atoms with Gasteiger partial charge in [-0.2, -0.15) is 0 Å². The SMILES string of the molecule is CNC(=O)NC(=O)CN(C)CC(=O)Nc1c(C)cc(C)cc1C. The van der Waals surface area contributed by atoms with Gasteiger partial charge >= 0.3 is 6.03 Å². The minimum atomic E-state index is -0.571. The van der Waals surface area contributed by atoms with Crippen LogP contribution in [0.1, 0.15) is 16.7 Å². The normalized spacial score (nSPS) is 10.3. The number of carbonyl (C=O) groups excluding carboxylic acids is 3. The Morgan fingerprint density at radius 3 is 2.04 bits per heavy atom. The summed E-state index contributed by atoms with van der Waals surface area (Å²) in [6, 6.07) is 3.44. The number of benzene rings is 1. The van der Waals surface area contributed by atoms with Crippen LogP contribution in [0.15, 0.2) is 12.1 Å². The number of anilines is 1. The zero-order chi connectivity index (χ0) is 17.6. The van der Waals surface area contributed by atoms with Crippen molar-refractivity contribution in [2.45, 2.75) is 20.8 Å². The van der Waals surface area contributed by atoms with Crippen LogP contribution < -0.4 is 16.0 Å². The van der Waals surface area contributed by atoms with Gasteiger partial charge in [-0.3, -0.25) is 19.8 Å². The lowest BCUT2D eigenvalue weighted by atomic mass is 10.1. The second kappa shape index (κ2) is 8.28. The zero-order valence-corrected chi connectivity index (χ0v) is 14.2. The van der Waals surface area contributed by atoms with Gasteiger partial charge < -0.3 is 10.6 Å². The second-order valence-electron chi connectivity index (χ2n) is 5.62. The van der Waals surface area contributed by atoms with Gasteiger partial charge in [-0.25, -0.2) is 4.79 Å². The number of imide groups is 1. The lowest BCUT2D eigenvalue weighted by Crippen LogP contribution is -2.44. The summed E-state index contributed by atoms with van der Waals surface area (Å²) in [6.45, 7) is 5.89. The van der Waals surface area contributed by atoms with Crippen LogP contribution in [-0.2, 0) is 9.59 Å². The highest BCUT2D eigenvalue weighted by atomic mass is 16.2. The molecule has 0 saturated carbocycles. The molecule has 7 heteroatoms. The van der Waals surface area contributed by atoms with Crippen molar-refractivity contribution in [3.8, 4) is 0 Å². The first-order chi connectivity index (χ1) is 10.7. The fourth-order valence-corrected chi connectivity index (χ4v) is 2.33. The first-order valence-corrected chi connectivity index (χ1v) is 7.30. The van der Waals surface area contributed by atoms with Gasteiger partial charge in [-0.15, -0.1) is 0 Å². The number of aryl methyl sites for hydroxylation is 3. The average molecular weight is 320 g/mol. The van der Waals surface area contributed by atoms with E-state index in [-0.39, 0.29) is 19.0 Å². The Labute approximate surface area is 136 Å². The molecule has 1 aromatic carbocycles. The van der Waals surface area contributed by atoms with Crippen LogP contribution in [0.2, 0.25) is 0 Å². The van der Waals surface area contributed by atoms with Gasteiger partial charge in [-0.1, -0.05) is 17.7 Å². The number of nitrogens with one attached hydrogen (secondary N) is 3. The molecule has 3 N–H and O–H groups in total. The highest BCUT2D eigenvalue weighted by Crippen LogP contribution is 2.21. The zero-order valence-electron chi connectivity index (χ0n) is 14.2. The Morgan fingerprint density at radius 1 is 1.00 bits per heavy atom. The lowest BCUT2D eigenvalue weighted by molar-refractivity contribution is -0.122. The van der Waals surface area contributed by atoms with Crippen molar-refractivity contribution in [1.82, 2.24) is 15.5 Å². The molecule has 4 amide bonds. The minimum absolute atomic E-state index is 0.0489. The van der Waals surface area contributed by atoms with E-state index in [1.807, 2.05) is 32.9 Å². The summed E-state index contributed by atoms with van der Waals surface area (Å²) < 4.78 is 0. The van der Waals surface area contributed by atoms with Gasteiger partial charge in [0.25, 0.3) is 0 Å². The molecule has 0 unspecified atom stereocenters. The van der Waals surface area contributed by atoms with Crippen molar-refractivity contribution in [3.05, 3.63) is 28.8 Å². The van der Waals surface area contributed by atoms with E-state index in [0.717, 1.165) is 22.4 Å². The number of amides is 4. The summed E-state index contributed by atoms with van der Waals surface area (Å²) >= 11 is 0. The fraction of sp³-hybridized carbons (Fsp3) is 0.438. The van der Waals surface area contributed by atoms with Gasteiger partial charge in [0.2, 0.25) is 11.8 Å². The molecular weight excluding hydrogens is 296 g/mol. The molecule has 0 atom stereocenters. The van der Waals surface area contributed by atoms with E-state index in [0.29, 0.717) is 0 Å². The van der Waals surface area contributed by atoms with Crippen molar-refractivity contribution in [2.75, 3.05) is 32.5 Å². The van der Waals surface area contributed by atoms with E-state index < -0.39 is 11.9 Å². The van der Waals surface area contributed by atoms with Gasteiger partial charge in [0, 0.05) is 12.7 Å². The van der Waals surface area contributed by atoms with Crippen LogP contribution in [0, 0.1) is 20.8 Å². The number of hydrogen-bond donors (Lipinski definition) is 3. The van der Waals surface area contributed by atoms with Gasteiger partial charge in [-0.05, 0) is 38.9 Å². The summed E-state index contributed by atoms with van der Waals surface area (Å²) in [5.41, 5.74) is 3.93. The topological polar surface area (TPSA) is 90.5 Å². The molecule has 0 fully saturated rings. The monoisotopic (exact) mass is 320 g/mol. The second-order valence-corrected chi connectivity index (χ2v) is 5.62. The van der Waals surface area contributed by atoms with Crippen LogP contribution in [0.25, 0.3) is 0 Å². The standard InChI is InChI=1S/C16H24N4O3/c1-10-6-11(2)15(12(3)7-10)18-13(21)8-20(5)9-14(22)19-16(23)17-4/h6-7H,8-9H2,1-5H3,(H,18,21)(H2,17,19,22,23). The molecule has 0 radical (unpaired) electrons. The number of urea groups is 1. The van der Waals surface area contributed by atoms with Crippen LogP contribution in [0.4, 0.5) is 10.5 Å². The van der Waals surface area contributed by atoms with Crippen LogP contribution in [-0.4, -0.2) is 49.9 Å². The molecule has 23 heavy (non-hydrogen) atoms. The van der Waals surface area contributed by atoms with Crippen LogP contribution in [0.3, 0.4) is 0 Å². The fourth-order valence-electron chi connectivity index (χ4n) is 2.33. The number of likely N-dealkylation sites (N-methyl/N-ethyl adjacent to an activating group) is 1. The first-order valence-electron chi connectivity index (χ1n) is 7.30. The predicted octanol–water partition coefficient (Wildman–Crippen LogP) is 0.938. The maximum atomic E-state index is 12.1. The molecule has 0 aliphatic carbocycles. The summed E-state index contributed by atoms with van der Waals surface area (Å²) in [4.78, 5) is 36.2. The van der Waals surface area contributed by atoms with Gasteiger partial charge in [0.05, 0.1) is 13.1 Å². The highest BCUT2D eigenvalue weighted by molar-refractivity contribution is 5.96. The number of carbonyl (C=O) groups is 3. The number of rotatable bonds is 5. The third-order valence-corrected chi connectivity index (χ3v) is 3.25. The molecule has 0 heterocycles. The molecular formula is C16H24N4O3. The Bertz CT molecular complexity index is 590. The quantitative estimate of drug-likeness (QED) is 0.753. The minimum Gasteiger partial charge on any atom is -0.341 e. The first kappa shape index (κ1) is 18.6. The summed E-state index contributed by atoms with van der Waals surface area (Å²) in [5.74, 6) is -0.683. The Balaban J connectivity index is 2.57.